The Morgan fingerprint density at radius 1 is 1.52 bits per heavy atom. The molecule has 0 radical (unpaired) electrons. The van der Waals surface area contributed by atoms with Crippen molar-refractivity contribution in [3.05, 3.63) is 22.4 Å². The van der Waals surface area contributed by atoms with Gasteiger partial charge in [-0.2, -0.15) is 0 Å². The lowest BCUT2D eigenvalue weighted by Crippen LogP contribution is -2.39. The summed E-state index contributed by atoms with van der Waals surface area (Å²) in [7, 11) is 0. The van der Waals surface area contributed by atoms with Crippen molar-refractivity contribution in [1.29, 1.82) is 0 Å². The molecule has 1 fully saturated rings. The highest BCUT2D eigenvalue weighted by molar-refractivity contribution is 14.0. The van der Waals surface area contributed by atoms with E-state index in [0.29, 0.717) is 12.5 Å². The largest absolute Gasteiger partial charge is 0.393 e. The molecular formula is C15H26IN3OS. The van der Waals surface area contributed by atoms with Gasteiger partial charge in [-0.1, -0.05) is 12.5 Å². The molecule has 6 heteroatoms. The van der Waals surface area contributed by atoms with Gasteiger partial charge in [-0.05, 0) is 38.1 Å². The van der Waals surface area contributed by atoms with Crippen LogP contribution in [0, 0.1) is 5.92 Å². The summed E-state index contributed by atoms with van der Waals surface area (Å²) in [5.74, 6) is 1.16. The molecule has 4 nitrogen and oxygen atoms in total. The van der Waals surface area contributed by atoms with Gasteiger partial charge in [0.1, 0.15) is 0 Å². The Morgan fingerprint density at radius 3 is 2.90 bits per heavy atom. The van der Waals surface area contributed by atoms with Gasteiger partial charge in [0.25, 0.3) is 0 Å². The molecule has 0 amide bonds. The van der Waals surface area contributed by atoms with Crippen LogP contribution < -0.4 is 10.6 Å². The second-order valence-electron chi connectivity index (χ2n) is 5.36. The molecule has 3 unspecified atom stereocenters. The minimum absolute atomic E-state index is 0. The minimum Gasteiger partial charge on any atom is -0.393 e. The topological polar surface area (TPSA) is 56.7 Å². The molecule has 1 saturated carbocycles. The number of rotatable bonds is 5. The second-order valence-corrected chi connectivity index (χ2v) is 6.34. The van der Waals surface area contributed by atoms with E-state index in [-0.39, 0.29) is 36.1 Å². The van der Waals surface area contributed by atoms with Crippen molar-refractivity contribution >= 4 is 41.3 Å². The quantitative estimate of drug-likeness (QED) is 0.388. The van der Waals surface area contributed by atoms with Crippen LogP contribution in [-0.4, -0.2) is 30.3 Å². The van der Waals surface area contributed by atoms with Gasteiger partial charge in [0.15, 0.2) is 5.96 Å². The van der Waals surface area contributed by atoms with Crippen molar-refractivity contribution in [3.63, 3.8) is 0 Å². The zero-order valence-corrected chi connectivity index (χ0v) is 15.9. The Hall–Kier alpha value is -0.340. The normalized spacial score (nSPS) is 23.5. The van der Waals surface area contributed by atoms with E-state index in [4.69, 9.17) is 0 Å². The first-order valence-electron chi connectivity index (χ1n) is 7.47. The Labute approximate surface area is 148 Å². The van der Waals surface area contributed by atoms with Crippen molar-refractivity contribution in [1.82, 2.24) is 10.6 Å². The van der Waals surface area contributed by atoms with Crippen molar-refractivity contribution in [2.24, 2.45) is 10.9 Å². The predicted molar refractivity (Wildman–Crippen MR) is 101 cm³/mol. The number of aliphatic hydroxyl groups is 1. The summed E-state index contributed by atoms with van der Waals surface area (Å²) in [6.07, 6.45) is 2.97. The number of nitrogens with one attached hydrogen (secondary N) is 2. The van der Waals surface area contributed by atoms with Crippen LogP contribution in [-0.2, 0) is 0 Å². The van der Waals surface area contributed by atoms with E-state index in [1.807, 2.05) is 0 Å². The number of nitrogens with zero attached hydrogens (tertiary/aromatic N) is 1. The summed E-state index contributed by atoms with van der Waals surface area (Å²) in [5.41, 5.74) is 0. The maximum Gasteiger partial charge on any atom is 0.191 e. The molecular weight excluding hydrogens is 397 g/mol. The first-order chi connectivity index (χ1) is 9.70. The Morgan fingerprint density at radius 2 is 2.33 bits per heavy atom. The SMILES string of the molecule is CCNC(=NCC1CCCC1O)NC(C)c1cccs1.I. The molecule has 0 spiro atoms. The molecule has 3 N–H and O–H groups in total. The van der Waals surface area contributed by atoms with Crippen LogP contribution in [0.4, 0.5) is 0 Å². The molecule has 2 rings (SSSR count). The Kier molecular flexibility index (Phi) is 8.58. The summed E-state index contributed by atoms with van der Waals surface area (Å²) in [6, 6.07) is 4.45. The summed E-state index contributed by atoms with van der Waals surface area (Å²) in [6.45, 7) is 5.75. The number of hydrogen-bond acceptors (Lipinski definition) is 3. The highest BCUT2D eigenvalue weighted by atomic mass is 127. The number of halogens is 1. The predicted octanol–water partition coefficient (Wildman–Crippen LogP) is 3.14. The lowest BCUT2D eigenvalue weighted by Gasteiger charge is -2.18. The van der Waals surface area contributed by atoms with Crippen LogP contribution in [0.25, 0.3) is 0 Å². The van der Waals surface area contributed by atoms with E-state index in [9.17, 15) is 5.11 Å². The van der Waals surface area contributed by atoms with Gasteiger partial charge < -0.3 is 15.7 Å². The molecule has 21 heavy (non-hydrogen) atoms. The summed E-state index contributed by atoms with van der Waals surface area (Å²) >= 11 is 1.75. The number of aliphatic imine (C=N–C) groups is 1. The zero-order valence-electron chi connectivity index (χ0n) is 12.7. The first-order valence-corrected chi connectivity index (χ1v) is 8.35. The lowest BCUT2D eigenvalue weighted by molar-refractivity contribution is 0.136. The fourth-order valence-electron chi connectivity index (χ4n) is 2.57. The first kappa shape index (κ1) is 18.7. The minimum atomic E-state index is -0.170. The van der Waals surface area contributed by atoms with Crippen LogP contribution in [0.3, 0.4) is 0 Å². The molecule has 1 heterocycles. The molecule has 0 bridgehead atoms. The summed E-state index contributed by atoms with van der Waals surface area (Å²) in [4.78, 5) is 5.94. The molecule has 3 atom stereocenters. The van der Waals surface area contributed by atoms with Crippen LogP contribution >= 0.6 is 35.3 Å². The van der Waals surface area contributed by atoms with E-state index in [1.54, 1.807) is 11.3 Å². The molecule has 1 aromatic rings. The highest BCUT2D eigenvalue weighted by Crippen LogP contribution is 2.25. The number of guanidine groups is 1. The van der Waals surface area contributed by atoms with Crippen molar-refractivity contribution in [3.8, 4) is 0 Å². The Balaban J connectivity index is 0.00000220. The monoisotopic (exact) mass is 423 g/mol. The molecule has 0 saturated heterocycles. The van der Waals surface area contributed by atoms with Gasteiger partial charge >= 0.3 is 0 Å². The molecule has 0 aliphatic heterocycles. The molecule has 0 aromatic carbocycles. The van der Waals surface area contributed by atoms with E-state index in [0.717, 1.165) is 31.8 Å². The van der Waals surface area contributed by atoms with E-state index < -0.39 is 0 Å². The van der Waals surface area contributed by atoms with E-state index >= 15 is 0 Å². The number of thiophene rings is 1. The van der Waals surface area contributed by atoms with Crippen molar-refractivity contribution in [2.45, 2.75) is 45.3 Å². The third kappa shape index (κ3) is 5.75. The second kappa shape index (κ2) is 9.63. The average Bonchev–Trinajstić information content (AvgIpc) is 3.07. The van der Waals surface area contributed by atoms with Gasteiger partial charge in [0, 0.05) is 23.9 Å². The van der Waals surface area contributed by atoms with E-state index in [2.05, 4.69) is 47.0 Å². The highest BCUT2D eigenvalue weighted by Gasteiger charge is 2.24. The van der Waals surface area contributed by atoms with Gasteiger partial charge in [-0.25, -0.2) is 0 Å². The third-order valence-corrected chi connectivity index (χ3v) is 4.83. The average molecular weight is 423 g/mol. The van der Waals surface area contributed by atoms with Gasteiger partial charge in [-0.15, -0.1) is 35.3 Å². The van der Waals surface area contributed by atoms with Crippen LogP contribution in [0.5, 0.6) is 0 Å². The fourth-order valence-corrected chi connectivity index (χ4v) is 3.31. The number of hydrogen-bond donors (Lipinski definition) is 3. The zero-order chi connectivity index (χ0) is 14.4. The number of aliphatic hydroxyl groups excluding tert-OH is 1. The van der Waals surface area contributed by atoms with Crippen molar-refractivity contribution < 1.29 is 5.11 Å². The third-order valence-electron chi connectivity index (χ3n) is 3.77. The maximum absolute atomic E-state index is 9.86. The van der Waals surface area contributed by atoms with Crippen LogP contribution in [0.2, 0.25) is 0 Å². The summed E-state index contributed by atoms with van der Waals surface area (Å²) in [5, 5.41) is 18.6. The van der Waals surface area contributed by atoms with Gasteiger partial charge in [0.2, 0.25) is 0 Å². The summed E-state index contributed by atoms with van der Waals surface area (Å²) < 4.78 is 0. The maximum atomic E-state index is 9.86. The van der Waals surface area contributed by atoms with Crippen LogP contribution in [0.1, 0.15) is 44.0 Å². The van der Waals surface area contributed by atoms with Crippen LogP contribution in [0.15, 0.2) is 22.5 Å². The molecule has 120 valence electrons. The molecule has 1 aromatic heterocycles. The van der Waals surface area contributed by atoms with Gasteiger partial charge in [-0.3, -0.25) is 4.99 Å². The molecule has 1 aliphatic carbocycles. The van der Waals surface area contributed by atoms with Gasteiger partial charge in [0.05, 0.1) is 12.1 Å². The van der Waals surface area contributed by atoms with E-state index in [1.165, 1.54) is 4.88 Å². The fraction of sp³-hybridized carbons (Fsp3) is 0.667. The lowest BCUT2D eigenvalue weighted by atomic mass is 10.1. The smallest absolute Gasteiger partial charge is 0.191 e. The van der Waals surface area contributed by atoms with Crippen molar-refractivity contribution in [2.75, 3.05) is 13.1 Å². The molecule has 1 aliphatic rings. The standard InChI is InChI=1S/C15H25N3OS.HI/c1-3-16-15(17-10-12-6-4-7-13(12)19)18-11(2)14-8-5-9-20-14;/h5,8-9,11-13,19H,3-4,6-7,10H2,1-2H3,(H2,16,17,18);1H. The Bertz CT molecular complexity index is 425.